The zero-order valence-corrected chi connectivity index (χ0v) is 12.3. The standard InChI is InChI=1S/C15H21ClN2O/c1-10-9-13(3-4-14(10)16)18-15(19)11(2)12-5-7-17-8-6-12/h3-4,9,11-12,17H,5-8H2,1-2H3,(H,18,19). The van der Waals surface area contributed by atoms with Crippen LogP contribution in [-0.2, 0) is 4.79 Å². The van der Waals surface area contributed by atoms with E-state index in [9.17, 15) is 4.79 Å². The first-order chi connectivity index (χ1) is 9.08. The van der Waals surface area contributed by atoms with E-state index in [2.05, 4.69) is 10.6 Å². The van der Waals surface area contributed by atoms with Crippen molar-refractivity contribution in [3.63, 3.8) is 0 Å². The molecule has 0 spiro atoms. The molecule has 1 amide bonds. The average Bonchev–Trinajstić information content (AvgIpc) is 2.43. The van der Waals surface area contributed by atoms with Crippen LogP contribution in [0.25, 0.3) is 0 Å². The number of hydrogen-bond donors (Lipinski definition) is 2. The molecule has 0 radical (unpaired) electrons. The highest BCUT2D eigenvalue weighted by molar-refractivity contribution is 6.31. The van der Waals surface area contributed by atoms with Crippen LogP contribution in [0.1, 0.15) is 25.3 Å². The molecule has 19 heavy (non-hydrogen) atoms. The summed E-state index contributed by atoms with van der Waals surface area (Å²) in [6, 6.07) is 5.58. The number of carbonyl (C=O) groups excluding carboxylic acids is 1. The van der Waals surface area contributed by atoms with Crippen molar-refractivity contribution in [1.29, 1.82) is 0 Å². The highest BCUT2D eigenvalue weighted by atomic mass is 35.5. The first-order valence-electron chi connectivity index (χ1n) is 6.85. The molecular formula is C15H21ClN2O. The highest BCUT2D eigenvalue weighted by Crippen LogP contribution is 2.24. The van der Waals surface area contributed by atoms with Crippen LogP contribution < -0.4 is 10.6 Å². The highest BCUT2D eigenvalue weighted by Gasteiger charge is 2.25. The van der Waals surface area contributed by atoms with Crippen molar-refractivity contribution in [2.75, 3.05) is 18.4 Å². The van der Waals surface area contributed by atoms with Crippen molar-refractivity contribution in [3.05, 3.63) is 28.8 Å². The smallest absolute Gasteiger partial charge is 0.227 e. The third-order valence-corrected chi connectivity index (χ3v) is 4.35. The van der Waals surface area contributed by atoms with E-state index >= 15 is 0 Å². The predicted molar refractivity (Wildman–Crippen MR) is 79.6 cm³/mol. The Morgan fingerprint density at radius 3 is 2.74 bits per heavy atom. The normalized spacial score (nSPS) is 18.1. The fourth-order valence-corrected chi connectivity index (χ4v) is 2.65. The van der Waals surface area contributed by atoms with Gasteiger partial charge in [0.05, 0.1) is 0 Å². The number of carbonyl (C=O) groups is 1. The summed E-state index contributed by atoms with van der Waals surface area (Å²) in [5.41, 5.74) is 1.81. The average molecular weight is 281 g/mol. The predicted octanol–water partition coefficient (Wildman–Crippen LogP) is 3.22. The second-order valence-electron chi connectivity index (χ2n) is 5.33. The Hall–Kier alpha value is -1.06. The number of rotatable bonds is 3. The quantitative estimate of drug-likeness (QED) is 0.893. The van der Waals surface area contributed by atoms with E-state index in [-0.39, 0.29) is 11.8 Å². The Kier molecular flexibility index (Phi) is 4.83. The molecule has 0 aliphatic carbocycles. The van der Waals surface area contributed by atoms with Crippen molar-refractivity contribution in [2.45, 2.75) is 26.7 Å². The van der Waals surface area contributed by atoms with E-state index in [1.54, 1.807) is 0 Å². The number of piperidine rings is 1. The fourth-order valence-electron chi connectivity index (χ4n) is 2.54. The van der Waals surface area contributed by atoms with Crippen LogP contribution in [0, 0.1) is 18.8 Å². The molecule has 2 N–H and O–H groups in total. The minimum absolute atomic E-state index is 0.0538. The molecule has 1 atom stereocenters. The third-order valence-electron chi connectivity index (χ3n) is 3.93. The number of anilines is 1. The largest absolute Gasteiger partial charge is 0.326 e. The number of amides is 1. The van der Waals surface area contributed by atoms with E-state index in [0.717, 1.165) is 42.2 Å². The van der Waals surface area contributed by atoms with Gasteiger partial charge in [0.15, 0.2) is 0 Å². The SMILES string of the molecule is Cc1cc(NC(=O)C(C)C2CCNCC2)ccc1Cl. The van der Waals surface area contributed by atoms with Crippen molar-refractivity contribution in [2.24, 2.45) is 11.8 Å². The third kappa shape index (κ3) is 3.71. The molecule has 1 heterocycles. The minimum atomic E-state index is 0.0538. The lowest BCUT2D eigenvalue weighted by atomic mass is 9.85. The minimum Gasteiger partial charge on any atom is -0.326 e. The van der Waals surface area contributed by atoms with Crippen LogP contribution in [0.15, 0.2) is 18.2 Å². The molecule has 1 saturated heterocycles. The van der Waals surface area contributed by atoms with E-state index in [1.807, 2.05) is 32.0 Å². The van der Waals surface area contributed by atoms with Gasteiger partial charge in [-0.1, -0.05) is 18.5 Å². The zero-order valence-electron chi connectivity index (χ0n) is 11.5. The van der Waals surface area contributed by atoms with Gasteiger partial charge in [0, 0.05) is 16.6 Å². The Morgan fingerprint density at radius 1 is 1.42 bits per heavy atom. The zero-order chi connectivity index (χ0) is 13.8. The number of halogens is 1. The summed E-state index contributed by atoms with van der Waals surface area (Å²) in [6.07, 6.45) is 2.16. The first kappa shape index (κ1) is 14.4. The molecular weight excluding hydrogens is 260 g/mol. The van der Waals surface area contributed by atoms with E-state index < -0.39 is 0 Å². The monoisotopic (exact) mass is 280 g/mol. The Bertz CT molecular complexity index is 455. The van der Waals surface area contributed by atoms with Gasteiger partial charge in [0.2, 0.25) is 5.91 Å². The van der Waals surface area contributed by atoms with Crippen LogP contribution in [0.5, 0.6) is 0 Å². The lowest BCUT2D eigenvalue weighted by Gasteiger charge is -2.27. The van der Waals surface area contributed by atoms with Crippen molar-refractivity contribution in [1.82, 2.24) is 5.32 Å². The molecule has 104 valence electrons. The number of benzene rings is 1. The lowest BCUT2D eigenvalue weighted by Crippen LogP contribution is -2.35. The molecule has 1 fully saturated rings. The number of hydrogen-bond acceptors (Lipinski definition) is 2. The van der Waals surface area contributed by atoms with Crippen LogP contribution in [0.3, 0.4) is 0 Å². The molecule has 1 unspecified atom stereocenters. The van der Waals surface area contributed by atoms with Gasteiger partial charge in [0.25, 0.3) is 0 Å². The Labute approximate surface area is 119 Å². The lowest BCUT2D eigenvalue weighted by molar-refractivity contribution is -0.121. The summed E-state index contributed by atoms with van der Waals surface area (Å²) in [4.78, 5) is 12.2. The molecule has 1 aromatic carbocycles. The second kappa shape index (κ2) is 6.40. The van der Waals surface area contributed by atoms with Crippen LogP contribution in [0.4, 0.5) is 5.69 Å². The maximum absolute atomic E-state index is 12.2. The molecule has 0 saturated carbocycles. The maximum atomic E-state index is 12.2. The molecule has 0 bridgehead atoms. The van der Waals surface area contributed by atoms with E-state index in [0.29, 0.717) is 5.92 Å². The second-order valence-corrected chi connectivity index (χ2v) is 5.74. The van der Waals surface area contributed by atoms with Crippen LogP contribution in [-0.4, -0.2) is 19.0 Å². The van der Waals surface area contributed by atoms with Gasteiger partial charge in [-0.2, -0.15) is 0 Å². The first-order valence-corrected chi connectivity index (χ1v) is 7.23. The van der Waals surface area contributed by atoms with Crippen LogP contribution >= 0.6 is 11.6 Å². The summed E-state index contributed by atoms with van der Waals surface area (Å²) in [6.45, 7) is 5.99. The molecule has 4 heteroatoms. The summed E-state index contributed by atoms with van der Waals surface area (Å²) in [5.74, 6) is 0.640. The Morgan fingerprint density at radius 2 is 2.11 bits per heavy atom. The summed E-state index contributed by atoms with van der Waals surface area (Å²) in [7, 11) is 0. The van der Waals surface area contributed by atoms with Gasteiger partial charge >= 0.3 is 0 Å². The van der Waals surface area contributed by atoms with Gasteiger partial charge in [-0.25, -0.2) is 0 Å². The summed E-state index contributed by atoms with van der Waals surface area (Å²) in [5, 5.41) is 7.04. The topological polar surface area (TPSA) is 41.1 Å². The molecule has 0 aromatic heterocycles. The van der Waals surface area contributed by atoms with Crippen molar-refractivity contribution < 1.29 is 4.79 Å². The number of nitrogens with one attached hydrogen (secondary N) is 2. The maximum Gasteiger partial charge on any atom is 0.227 e. The fraction of sp³-hybridized carbons (Fsp3) is 0.533. The van der Waals surface area contributed by atoms with Gasteiger partial charge in [-0.05, 0) is 62.5 Å². The molecule has 2 rings (SSSR count). The van der Waals surface area contributed by atoms with Crippen molar-refractivity contribution in [3.8, 4) is 0 Å². The van der Waals surface area contributed by atoms with Gasteiger partial charge in [0.1, 0.15) is 0 Å². The summed E-state index contributed by atoms with van der Waals surface area (Å²) < 4.78 is 0. The molecule has 3 nitrogen and oxygen atoms in total. The van der Waals surface area contributed by atoms with Crippen molar-refractivity contribution >= 4 is 23.2 Å². The number of aryl methyl sites for hydroxylation is 1. The summed E-state index contributed by atoms with van der Waals surface area (Å²) >= 11 is 5.98. The van der Waals surface area contributed by atoms with Gasteiger partial charge in [-0.15, -0.1) is 0 Å². The molecule has 1 aromatic rings. The van der Waals surface area contributed by atoms with E-state index in [4.69, 9.17) is 11.6 Å². The van der Waals surface area contributed by atoms with Gasteiger partial charge in [-0.3, -0.25) is 4.79 Å². The Balaban J connectivity index is 1.97. The molecule has 1 aliphatic rings. The van der Waals surface area contributed by atoms with Gasteiger partial charge < -0.3 is 10.6 Å². The molecule has 1 aliphatic heterocycles. The van der Waals surface area contributed by atoms with E-state index in [1.165, 1.54) is 0 Å². The van der Waals surface area contributed by atoms with Crippen LogP contribution in [0.2, 0.25) is 5.02 Å².